The number of nitrogens with zero attached hydrogens (tertiary/aromatic N) is 3. The van der Waals surface area contributed by atoms with Crippen LogP contribution in [0.5, 0.6) is 0 Å². The van der Waals surface area contributed by atoms with E-state index < -0.39 is 0 Å². The minimum atomic E-state index is -0.0722. The lowest BCUT2D eigenvalue weighted by Gasteiger charge is -2.25. The van der Waals surface area contributed by atoms with Gasteiger partial charge in [-0.2, -0.15) is 11.3 Å². The first kappa shape index (κ1) is 15.8. The van der Waals surface area contributed by atoms with Gasteiger partial charge in [-0.05, 0) is 29.3 Å². The summed E-state index contributed by atoms with van der Waals surface area (Å²) in [5, 5.41) is 7.47. The van der Waals surface area contributed by atoms with Crippen molar-refractivity contribution in [2.45, 2.75) is 39.7 Å². The molecule has 0 bridgehead atoms. The quantitative estimate of drug-likeness (QED) is 0.932. The summed E-state index contributed by atoms with van der Waals surface area (Å²) in [6.07, 6.45) is 0. The van der Waals surface area contributed by atoms with Crippen molar-refractivity contribution < 1.29 is 0 Å². The Morgan fingerprint density at radius 1 is 1.29 bits per heavy atom. The highest BCUT2D eigenvalue weighted by Gasteiger charge is 2.22. The molecule has 0 unspecified atom stereocenters. The topological polar surface area (TPSA) is 41.1 Å². The predicted octanol–water partition coefficient (Wildman–Crippen LogP) is 3.82. The van der Waals surface area contributed by atoms with Gasteiger partial charge in [0.25, 0.3) is 0 Å². The Balaban J connectivity index is 2.41. The summed E-state index contributed by atoms with van der Waals surface area (Å²) in [4.78, 5) is 11.7. The lowest BCUT2D eigenvalue weighted by molar-refractivity contribution is 0.544. The highest BCUT2D eigenvalue weighted by atomic mass is 32.1. The molecule has 0 spiro atoms. The van der Waals surface area contributed by atoms with E-state index in [0.717, 1.165) is 29.6 Å². The SMILES string of the molecule is CNc1nc(C(C)(C)C)nc(N(C)Cc2ccsc2)c1C. The van der Waals surface area contributed by atoms with Crippen LogP contribution in [0.15, 0.2) is 16.8 Å². The smallest absolute Gasteiger partial charge is 0.138 e. The zero-order valence-corrected chi connectivity index (χ0v) is 14.5. The fourth-order valence-electron chi connectivity index (χ4n) is 2.19. The predicted molar refractivity (Wildman–Crippen MR) is 91.4 cm³/mol. The molecule has 114 valence electrons. The lowest BCUT2D eigenvalue weighted by Crippen LogP contribution is -2.24. The molecule has 0 aromatic carbocycles. The monoisotopic (exact) mass is 304 g/mol. The number of aromatic nitrogens is 2. The molecule has 0 saturated heterocycles. The molecule has 4 nitrogen and oxygen atoms in total. The highest BCUT2D eigenvalue weighted by Crippen LogP contribution is 2.28. The average Bonchev–Trinajstić information content (AvgIpc) is 2.90. The van der Waals surface area contributed by atoms with Gasteiger partial charge in [0, 0.05) is 31.6 Å². The molecule has 2 heterocycles. The second-order valence-corrected chi connectivity index (χ2v) is 7.11. The van der Waals surface area contributed by atoms with Crippen molar-refractivity contribution in [2.75, 3.05) is 24.3 Å². The molecule has 0 saturated carbocycles. The van der Waals surface area contributed by atoms with Crippen molar-refractivity contribution in [3.63, 3.8) is 0 Å². The number of anilines is 2. The van der Waals surface area contributed by atoms with Gasteiger partial charge in [-0.1, -0.05) is 20.8 Å². The van der Waals surface area contributed by atoms with E-state index in [1.54, 1.807) is 11.3 Å². The normalized spacial score (nSPS) is 11.5. The van der Waals surface area contributed by atoms with Gasteiger partial charge < -0.3 is 10.2 Å². The van der Waals surface area contributed by atoms with Gasteiger partial charge >= 0.3 is 0 Å². The minimum absolute atomic E-state index is 0.0722. The third-order valence-corrected chi connectivity index (χ3v) is 4.12. The van der Waals surface area contributed by atoms with Gasteiger partial charge in [-0.15, -0.1) is 0 Å². The molecule has 0 atom stereocenters. The van der Waals surface area contributed by atoms with Crippen LogP contribution in [0.1, 0.15) is 37.7 Å². The summed E-state index contributed by atoms with van der Waals surface area (Å²) in [5.41, 5.74) is 2.32. The number of nitrogens with one attached hydrogen (secondary N) is 1. The van der Waals surface area contributed by atoms with Crippen molar-refractivity contribution in [1.29, 1.82) is 0 Å². The first-order chi connectivity index (χ1) is 9.82. The molecular formula is C16H24N4S. The van der Waals surface area contributed by atoms with E-state index in [0.29, 0.717) is 0 Å². The molecule has 0 radical (unpaired) electrons. The maximum absolute atomic E-state index is 4.81. The Morgan fingerprint density at radius 3 is 2.52 bits per heavy atom. The summed E-state index contributed by atoms with van der Waals surface area (Å²) >= 11 is 1.72. The first-order valence-corrected chi connectivity index (χ1v) is 8.06. The van der Waals surface area contributed by atoms with E-state index in [9.17, 15) is 0 Å². The molecule has 0 fully saturated rings. The third-order valence-electron chi connectivity index (χ3n) is 3.39. The summed E-state index contributed by atoms with van der Waals surface area (Å²) in [7, 11) is 3.99. The van der Waals surface area contributed by atoms with Gasteiger partial charge in [-0.3, -0.25) is 0 Å². The van der Waals surface area contributed by atoms with Crippen LogP contribution in [-0.2, 0) is 12.0 Å². The fourth-order valence-corrected chi connectivity index (χ4v) is 2.85. The molecule has 21 heavy (non-hydrogen) atoms. The molecule has 1 N–H and O–H groups in total. The lowest BCUT2D eigenvalue weighted by atomic mass is 9.95. The van der Waals surface area contributed by atoms with Crippen molar-refractivity contribution in [2.24, 2.45) is 0 Å². The van der Waals surface area contributed by atoms with Crippen molar-refractivity contribution in [1.82, 2.24) is 9.97 Å². The molecule has 2 aromatic heterocycles. The van der Waals surface area contributed by atoms with Gasteiger partial charge in [0.2, 0.25) is 0 Å². The van der Waals surface area contributed by atoms with E-state index >= 15 is 0 Å². The van der Waals surface area contributed by atoms with E-state index in [1.807, 2.05) is 7.05 Å². The number of thiophene rings is 1. The minimum Gasteiger partial charge on any atom is -0.373 e. The second-order valence-electron chi connectivity index (χ2n) is 6.33. The summed E-state index contributed by atoms with van der Waals surface area (Å²) in [6, 6.07) is 2.15. The molecule has 2 aromatic rings. The fraction of sp³-hybridized carbons (Fsp3) is 0.500. The molecule has 0 aliphatic carbocycles. The average molecular weight is 304 g/mol. The Kier molecular flexibility index (Phi) is 4.52. The molecular weight excluding hydrogens is 280 g/mol. The first-order valence-electron chi connectivity index (χ1n) is 7.12. The highest BCUT2D eigenvalue weighted by molar-refractivity contribution is 7.07. The standard InChI is InChI=1S/C16H24N4S/c1-11-13(17-5)18-15(16(2,3)4)19-14(11)20(6)9-12-7-8-21-10-12/h7-8,10H,9H2,1-6H3,(H,17,18,19). The van der Waals surface area contributed by atoms with Crippen molar-refractivity contribution in [3.8, 4) is 0 Å². The Hall–Kier alpha value is -1.62. The Morgan fingerprint density at radius 2 is 2.00 bits per heavy atom. The molecule has 2 rings (SSSR count). The van der Waals surface area contributed by atoms with E-state index in [4.69, 9.17) is 4.98 Å². The van der Waals surface area contributed by atoms with Gasteiger partial charge in [0.1, 0.15) is 17.5 Å². The van der Waals surface area contributed by atoms with Crippen LogP contribution in [-0.4, -0.2) is 24.1 Å². The van der Waals surface area contributed by atoms with E-state index in [2.05, 4.69) is 66.8 Å². The molecule has 0 aliphatic heterocycles. The molecule has 0 amide bonds. The number of hydrogen-bond acceptors (Lipinski definition) is 5. The molecule has 5 heteroatoms. The second kappa shape index (κ2) is 6.02. The molecule has 0 aliphatic rings. The van der Waals surface area contributed by atoms with Gasteiger partial charge in [0.15, 0.2) is 0 Å². The van der Waals surface area contributed by atoms with Crippen LogP contribution < -0.4 is 10.2 Å². The van der Waals surface area contributed by atoms with Crippen LogP contribution in [0.25, 0.3) is 0 Å². The largest absolute Gasteiger partial charge is 0.373 e. The third kappa shape index (κ3) is 3.53. The van der Waals surface area contributed by atoms with Gasteiger partial charge in [-0.25, -0.2) is 9.97 Å². The Labute approximate surface area is 131 Å². The van der Waals surface area contributed by atoms with Crippen LogP contribution in [0.2, 0.25) is 0 Å². The van der Waals surface area contributed by atoms with Crippen LogP contribution in [0, 0.1) is 6.92 Å². The maximum atomic E-state index is 4.81. The summed E-state index contributed by atoms with van der Waals surface area (Å²) in [5.74, 6) is 2.76. The summed E-state index contributed by atoms with van der Waals surface area (Å²) in [6.45, 7) is 9.34. The number of rotatable bonds is 4. The van der Waals surface area contributed by atoms with Crippen LogP contribution in [0.4, 0.5) is 11.6 Å². The van der Waals surface area contributed by atoms with Crippen LogP contribution >= 0.6 is 11.3 Å². The van der Waals surface area contributed by atoms with Crippen LogP contribution in [0.3, 0.4) is 0 Å². The number of hydrogen-bond donors (Lipinski definition) is 1. The Bertz CT molecular complexity index is 599. The maximum Gasteiger partial charge on any atom is 0.138 e. The van der Waals surface area contributed by atoms with Crippen molar-refractivity contribution >= 4 is 23.0 Å². The van der Waals surface area contributed by atoms with Crippen molar-refractivity contribution in [3.05, 3.63) is 33.8 Å². The van der Waals surface area contributed by atoms with Gasteiger partial charge in [0.05, 0.1) is 0 Å². The van der Waals surface area contributed by atoms with E-state index in [1.165, 1.54) is 5.56 Å². The summed E-state index contributed by atoms with van der Waals surface area (Å²) < 4.78 is 0. The zero-order chi connectivity index (χ0) is 15.6. The van der Waals surface area contributed by atoms with E-state index in [-0.39, 0.29) is 5.41 Å². The zero-order valence-electron chi connectivity index (χ0n) is 13.7.